The summed E-state index contributed by atoms with van der Waals surface area (Å²) < 4.78 is 41.5. The Morgan fingerprint density at radius 2 is 1.93 bits per heavy atom. The molecular weight excluding hydrogens is 581 g/mol. The van der Waals surface area contributed by atoms with Crippen LogP contribution in [0.5, 0.6) is 0 Å². The number of hydrogen-bond acceptors (Lipinski definition) is 9. The number of aryl methyl sites for hydroxylation is 1. The van der Waals surface area contributed by atoms with Crippen LogP contribution in [0.4, 0.5) is 18.9 Å². The molecular formula is C25H22ClF3N10O3. The van der Waals surface area contributed by atoms with Gasteiger partial charge in [-0.25, -0.2) is 14.3 Å². The van der Waals surface area contributed by atoms with Crippen molar-refractivity contribution < 1.29 is 27.9 Å². The highest BCUT2D eigenvalue weighted by Crippen LogP contribution is 2.28. The minimum Gasteiger partial charge on any atom is -0.389 e. The number of aromatic nitrogens is 7. The molecule has 0 unspecified atom stereocenters. The summed E-state index contributed by atoms with van der Waals surface area (Å²) in [6, 6.07) is 8.89. The Morgan fingerprint density at radius 3 is 2.57 bits per heavy atom. The van der Waals surface area contributed by atoms with Gasteiger partial charge in [0.25, 0.3) is 17.6 Å². The van der Waals surface area contributed by atoms with Gasteiger partial charge >= 0.3 is 6.18 Å². The number of pyridine rings is 1. The molecule has 0 bridgehead atoms. The number of hydrogen-bond donors (Lipinski definition) is 3. The summed E-state index contributed by atoms with van der Waals surface area (Å²) in [5.74, 6) is -2.86. The molecule has 3 heterocycles. The van der Waals surface area contributed by atoms with Crippen LogP contribution in [0.2, 0.25) is 5.02 Å². The lowest BCUT2D eigenvalue weighted by atomic mass is 10.0. The van der Waals surface area contributed by atoms with Crippen LogP contribution in [0, 0.1) is 18.3 Å². The average molecular weight is 603 g/mol. The van der Waals surface area contributed by atoms with E-state index in [-0.39, 0.29) is 45.6 Å². The number of tetrazole rings is 1. The normalized spacial score (nSPS) is 11.7. The van der Waals surface area contributed by atoms with Gasteiger partial charge in [0.1, 0.15) is 5.69 Å². The van der Waals surface area contributed by atoms with Gasteiger partial charge in [0, 0.05) is 12.7 Å². The highest BCUT2D eigenvalue weighted by molar-refractivity contribution is 6.32. The maximum Gasteiger partial charge on any atom is 0.453 e. The largest absolute Gasteiger partial charge is 0.453 e. The maximum absolute atomic E-state index is 13.7. The van der Waals surface area contributed by atoms with Crippen LogP contribution in [0.3, 0.4) is 0 Å². The molecule has 4 rings (SSSR count). The zero-order chi connectivity index (χ0) is 30.8. The van der Waals surface area contributed by atoms with E-state index in [1.54, 1.807) is 6.92 Å². The molecule has 0 atom stereocenters. The molecule has 3 aromatic heterocycles. The molecule has 0 saturated carbocycles. The number of amides is 2. The van der Waals surface area contributed by atoms with Crippen molar-refractivity contribution >= 4 is 29.1 Å². The first-order valence-electron chi connectivity index (χ1n) is 12.1. The van der Waals surface area contributed by atoms with Crippen LogP contribution < -0.4 is 10.6 Å². The van der Waals surface area contributed by atoms with Gasteiger partial charge in [-0.15, -0.1) is 5.10 Å². The van der Waals surface area contributed by atoms with Gasteiger partial charge in [0.2, 0.25) is 0 Å². The molecule has 4 aromatic rings. The van der Waals surface area contributed by atoms with Crippen molar-refractivity contribution in [1.29, 1.82) is 5.26 Å². The van der Waals surface area contributed by atoms with Crippen molar-refractivity contribution in [2.45, 2.75) is 39.1 Å². The summed E-state index contributed by atoms with van der Waals surface area (Å²) in [6.45, 7) is 3.86. The van der Waals surface area contributed by atoms with Crippen LogP contribution in [-0.2, 0) is 12.7 Å². The summed E-state index contributed by atoms with van der Waals surface area (Å²) in [6.07, 6.45) is -3.46. The Balaban J connectivity index is 1.76. The first-order valence-corrected chi connectivity index (χ1v) is 12.5. The summed E-state index contributed by atoms with van der Waals surface area (Å²) in [5.41, 5.74) is -0.978. The molecule has 0 spiro atoms. The Kier molecular flexibility index (Phi) is 8.27. The third-order valence-electron chi connectivity index (χ3n) is 5.66. The van der Waals surface area contributed by atoms with Gasteiger partial charge in [-0.1, -0.05) is 11.6 Å². The second kappa shape index (κ2) is 11.5. The molecule has 17 heteroatoms. The topological polar surface area (TPSA) is 177 Å². The Bertz CT molecular complexity index is 1700. The summed E-state index contributed by atoms with van der Waals surface area (Å²) in [4.78, 5) is 30.8. The molecule has 3 N–H and O–H groups in total. The Morgan fingerprint density at radius 1 is 1.19 bits per heavy atom. The van der Waals surface area contributed by atoms with Crippen LogP contribution in [0.15, 0.2) is 36.5 Å². The first kappa shape index (κ1) is 30.1. The number of nitrogens with zero attached hydrogens (tertiary/aromatic N) is 8. The lowest BCUT2D eigenvalue weighted by molar-refractivity contribution is -0.147. The molecule has 0 fully saturated rings. The molecule has 13 nitrogen and oxygen atoms in total. The third-order valence-corrected chi connectivity index (χ3v) is 5.95. The average Bonchev–Trinajstić information content (AvgIpc) is 3.55. The smallest absolute Gasteiger partial charge is 0.389 e. The molecule has 0 saturated heterocycles. The van der Waals surface area contributed by atoms with E-state index >= 15 is 0 Å². The Labute approximate surface area is 240 Å². The number of carbonyl (C=O) groups is 2. The fourth-order valence-corrected chi connectivity index (χ4v) is 4.00. The summed E-state index contributed by atoms with van der Waals surface area (Å²) in [7, 11) is 0. The number of carbonyl (C=O) groups excluding carboxylic acids is 2. The molecule has 0 aliphatic rings. The lowest BCUT2D eigenvalue weighted by Crippen LogP contribution is -2.38. The number of halogens is 4. The molecule has 42 heavy (non-hydrogen) atoms. The predicted molar refractivity (Wildman–Crippen MR) is 141 cm³/mol. The maximum atomic E-state index is 13.7. The second-order valence-electron chi connectivity index (χ2n) is 9.68. The highest BCUT2D eigenvalue weighted by atomic mass is 35.5. The van der Waals surface area contributed by atoms with E-state index in [0.29, 0.717) is 10.2 Å². The van der Waals surface area contributed by atoms with Crippen LogP contribution in [0.1, 0.15) is 57.3 Å². The number of benzene rings is 1. The standard InChI is InChI=1S/C25H22ClF3N10O3/c1-13-7-14(10-30)8-16(21(40)32-12-24(2,3)42)19(13)33-22(41)18-9-15(11-38-23(25(27,28)29)34-36-37-38)35-39(18)20-17(26)5-4-6-31-20/h4-9,42H,11-12H2,1-3H3,(H,32,40)(H,33,41). The number of aliphatic hydroxyl groups is 1. The van der Waals surface area contributed by atoms with Crippen molar-refractivity contribution in [3.63, 3.8) is 0 Å². The van der Waals surface area contributed by atoms with Crippen LogP contribution >= 0.6 is 11.6 Å². The predicted octanol–water partition coefficient (Wildman–Crippen LogP) is 2.91. The van der Waals surface area contributed by atoms with Crippen molar-refractivity contribution in [3.8, 4) is 11.9 Å². The third kappa shape index (κ3) is 6.70. The SMILES string of the molecule is Cc1cc(C#N)cc(C(=O)NCC(C)(C)O)c1NC(=O)c1cc(Cn2nnnc2C(F)(F)F)nn1-c1ncccc1Cl. The van der Waals surface area contributed by atoms with Gasteiger partial charge in [-0.3, -0.25) is 9.59 Å². The van der Waals surface area contributed by atoms with Crippen molar-refractivity contribution in [1.82, 2.24) is 40.3 Å². The molecule has 2 amide bonds. The monoisotopic (exact) mass is 602 g/mol. The molecule has 0 radical (unpaired) electrons. The summed E-state index contributed by atoms with van der Waals surface area (Å²) >= 11 is 6.28. The molecule has 0 aliphatic heterocycles. The first-order chi connectivity index (χ1) is 19.7. The van der Waals surface area contributed by atoms with E-state index in [0.717, 1.165) is 4.68 Å². The zero-order valence-electron chi connectivity index (χ0n) is 22.2. The fraction of sp³-hybridized carbons (Fsp3) is 0.280. The van der Waals surface area contributed by atoms with Crippen LogP contribution in [-0.4, -0.2) is 64.0 Å². The van der Waals surface area contributed by atoms with Crippen LogP contribution in [0.25, 0.3) is 5.82 Å². The molecule has 0 aliphatic carbocycles. The summed E-state index contributed by atoms with van der Waals surface area (Å²) in [5, 5.41) is 38.4. The van der Waals surface area contributed by atoms with E-state index in [9.17, 15) is 33.1 Å². The molecule has 1 aromatic carbocycles. The van der Waals surface area contributed by atoms with Gasteiger partial charge < -0.3 is 15.7 Å². The second-order valence-corrected chi connectivity index (χ2v) is 10.1. The number of nitrogens with one attached hydrogen (secondary N) is 2. The van der Waals surface area contributed by atoms with Gasteiger partial charge in [-0.05, 0) is 67.1 Å². The van der Waals surface area contributed by atoms with Gasteiger partial charge in [0.05, 0.1) is 45.7 Å². The number of nitriles is 1. The number of alkyl halides is 3. The van der Waals surface area contributed by atoms with E-state index < -0.39 is 36.0 Å². The van der Waals surface area contributed by atoms with Crippen molar-refractivity contribution in [2.75, 3.05) is 11.9 Å². The fourth-order valence-electron chi connectivity index (χ4n) is 3.80. The number of anilines is 1. The minimum atomic E-state index is -4.84. The Hall–Kier alpha value is -4.88. The van der Waals surface area contributed by atoms with E-state index in [1.165, 1.54) is 50.4 Å². The molecule has 218 valence electrons. The van der Waals surface area contributed by atoms with Crippen molar-refractivity contribution in [3.05, 3.63) is 75.5 Å². The van der Waals surface area contributed by atoms with Gasteiger partial charge in [-0.2, -0.15) is 23.5 Å². The zero-order valence-corrected chi connectivity index (χ0v) is 23.0. The van der Waals surface area contributed by atoms with Gasteiger partial charge in [0.15, 0.2) is 5.82 Å². The van der Waals surface area contributed by atoms with Crippen molar-refractivity contribution in [2.24, 2.45) is 0 Å². The van der Waals surface area contributed by atoms with E-state index in [4.69, 9.17) is 11.6 Å². The lowest BCUT2D eigenvalue weighted by Gasteiger charge is -2.19. The van der Waals surface area contributed by atoms with E-state index in [2.05, 4.69) is 36.2 Å². The van der Waals surface area contributed by atoms with E-state index in [1.807, 2.05) is 6.07 Å². The number of rotatable bonds is 8. The minimum absolute atomic E-state index is 0.00280. The highest BCUT2D eigenvalue weighted by Gasteiger charge is 2.38. The quantitative estimate of drug-likeness (QED) is 0.274.